The topological polar surface area (TPSA) is 86.8 Å². The van der Waals surface area contributed by atoms with Gasteiger partial charge in [0.2, 0.25) is 0 Å². The van der Waals surface area contributed by atoms with E-state index in [0.717, 1.165) is 25.1 Å². The highest BCUT2D eigenvalue weighted by atomic mass is 16.2. The Balaban J connectivity index is 1.69. The Morgan fingerprint density at radius 3 is 3.09 bits per heavy atom. The van der Waals surface area contributed by atoms with E-state index in [1.165, 1.54) is 0 Å². The van der Waals surface area contributed by atoms with Crippen molar-refractivity contribution in [3.63, 3.8) is 0 Å². The van der Waals surface area contributed by atoms with Gasteiger partial charge in [-0.05, 0) is 31.0 Å². The second-order valence-electron chi connectivity index (χ2n) is 5.62. The second kappa shape index (κ2) is 6.48. The van der Waals surface area contributed by atoms with Gasteiger partial charge < -0.3 is 10.2 Å². The SMILES string of the molecule is Cn1ccc(C(=O)NC2CCCN(c3cccnc3C#N)C2)n1. The zero-order valence-electron chi connectivity index (χ0n) is 12.9. The molecule has 1 fully saturated rings. The Morgan fingerprint density at radius 1 is 1.48 bits per heavy atom. The fourth-order valence-electron chi connectivity index (χ4n) is 2.85. The van der Waals surface area contributed by atoms with Crippen LogP contribution in [0.3, 0.4) is 0 Å². The molecule has 3 rings (SSSR count). The summed E-state index contributed by atoms with van der Waals surface area (Å²) in [5.74, 6) is -0.163. The van der Waals surface area contributed by atoms with E-state index < -0.39 is 0 Å². The summed E-state index contributed by atoms with van der Waals surface area (Å²) in [5, 5.41) is 16.3. The molecule has 2 aromatic rings. The van der Waals surface area contributed by atoms with Crippen molar-refractivity contribution in [2.45, 2.75) is 18.9 Å². The summed E-state index contributed by atoms with van der Waals surface area (Å²) in [6.45, 7) is 1.52. The molecule has 0 aliphatic carbocycles. The number of aromatic nitrogens is 3. The number of aryl methyl sites for hydroxylation is 1. The second-order valence-corrected chi connectivity index (χ2v) is 5.62. The van der Waals surface area contributed by atoms with Gasteiger partial charge >= 0.3 is 0 Å². The minimum absolute atomic E-state index is 0.0324. The fourth-order valence-corrected chi connectivity index (χ4v) is 2.85. The van der Waals surface area contributed by atoms with Crippen molar-refractivity contribution in [1.29, 1.82) is 5.26 Å². The first kappa shape index (κ1) is 15.0. The van der Waals surface area contributed by atoms with E-state index in [4.69, 9.17) is 0 Å². The summed E-state index contributed by atoms with van der Waals surface area (Å²) in [6, 6.07) is 7.58. The summed E-state index contributed by atoms with van der Waals surface area (Å²) in [6.07, 6.45) is 5.23. The van der Waals surface area contributed by atoms with Crippen molar-refractivity contribution in [3.8, 4) is 6.07 Å². The first-order valence-electron chi connectivity index (χ1n) is 7.58. The average Bonchev–Trinajstić information content (AvgIpc) is 3.02. The summed E-state index contributed by atoms with van der Waals surface area (Å²) in [4.78, 5) is 18.4. The molecule has 0 aromatic carbocycles. The van der Waals surface area contributed by atoms with Crippen LogP contribution in [0, 0.1) is 11.3 Å². The van der Waals surface area contributed by atoms with Gasteiger partial charge in [-0.3, -0.25) is 9.48 Å². The molecule has 1 atom stereocenters. The third-order valence-corrected chi connectivity index (χ3v) is 3.94. The number of carbonyl (C=O) groups is 1. The van der Waals surface area contributed by atoms with Gasteiger partial charge in [0.15, 0.2) is 5.69 Å². The maximum absolute atomic E-state index is 12.2. The van der Waals surface area contributed by atoms with Crippen molar-refractivity contribution < 1.29 is 4.79 Å². The number of anilines is 1. The lowest BCUT2D eigenvalue weighted by Crippen LogP contribution is -2.48. The maximum Gasteiger partial charge on any atom is 0.272 e. The van der Waals surface area contributed by atoms with Crippen molar-refractivity contribution in [1.82, 2.24) is 20.1 Å². The van der Waals surface area contributed by atoms with Gasteiger partial charge in [0, 0.05) is 38.6 Å². The molecule has 1 amide bonds. The van der Waals surface area contributed by atoms with Gasteiger partial charge in [-0.2, -0.15) is 10.4 Å². The normalized spacial score (nSPS) is 17.6. The molecule has 0 bridgehead atoms. The van der Waals surface area contributed by atoms with E-state index in [1.54, 1.807) is 30.2 Å². The Kier molecular flexibility index (Phi) is 4.24. The number of piperidine rings is 1. The van der Waals surface area contributed by atoms with E-state index in [0.29, 0.717) is 17.9 Å². The Hall–Kier alpha value is -2.88. The van der Waals surface area contributed by atoms with E-state index in [9.17, 15) is 10.1 Å². The predicted octanol–water partition coefficient (Wildman–Crippen LogP) is 1.09. The molecule has 2 aromatic heterocycles. The molecule has 0 radical (unpaired) electrons. The maximum atomic E-state index is 12.2. The number of nitriles is 1. The van der Waals surface area contributed by atoms with Gasteiger partial charge in [-0.1, -0.05) is 0 Å². The van der Waals surface area contributed by atoms with Crippen LogP contribution in [-0.4, -0.2) is 39.8 Å². The molecule has 0 spiro atoms. The monoisotopic (exact) mass is 310 g/mol. The number of nitrogens with zero attached hydrogens (tertiary/aromatic N) is 5. The number of hydrogen-bond acceptors (Lipinski definition) is 5. The Bertz CT molecular complexity index is 747. The highest BCUT2D eigenvalue weighted by Gasteiger charge is 2.24. The van der Waals surface area contributed by atoms with E-state index >= 15 is 0 Å². The zero-order valence-corrected chi connectivity index (χ0v) is 12.9. The Labute approximate surface area is 134 Å². The minimum Gasteiger partial charge on any atom is -0.367 e. The first-order chi connectivity index (χ1) is 11.2. The van der Waals surface area contributed by atoms with Crippen LogP contribution in [0.4, 0.5) is 5.69 Å². The largest absolute Gasteiger partial charge is 0.367 e. The van der Waals surface area contributed by atoms with Crippen LogP contribution in [0.25, 0.3) is 0 Å². The zero-order chi connectivity index (χ0) is 16.2. The first-order valence-corrected chi connectivity index (χ1v) is 7.58. The number of hydrogen-bond donors (Lipinski definition) is 1. The quantitative estimate of drug-likeness (QED) is 0.917. The molecule has 118 valence electrons. The third kappa shape index (κ3) is 3.31. The summed E-state index contributed by atoms with van der Waals surface area (Å²) < 4.78 is 1.61. The predicted molar refractivity (Wildman–Crippen MR) is 84.9 cm³/mol. The number of amides is 1. The van der Waals surface area contributed by atoms with Crippen molar-refractivity contribution in [2.24, 2.45) is 7.05 Å². The van der Waals surface area contributed by atoms with Gasteiger partial charge in [0.05, 0.1) is 5.69 Å². The van der Waals surface area contributed by atoms with Gasteiger partial charge in [0.1, 0.15) is 11.8 Å². The summed E-state index contributed by atoms with van der Waals surface area (Å²) in [7, 11) is 1.78. The van der Waals surface area contributed by atoms with Crippen LogP contribution in [0.1, 0.15) is 29.0 Å². The van der Waals surface area contributed by atoms with Crippen LogP contribution >= 0.6 is 0 Å². The average molecular weight is 310 g/mol. The highest BCUT2D eigenvalue weighted by Crippen LogP contribution is 2.22. The smallest absolute Gasteiger partial charge is 0.272 e. The molecular formula is C16H18N6O. The third-order valence-electron chi connectivity index (χ3n) is 3.94. The molecule has 23 heavy (non-hydrogen) atoms. The molecule has 1 saturated heterocycles. The minimum atomic E-state index is -0.163. The molecule has 3 heterocycles. The summed E-state index contributed by atoms with van der Waals surface area (Å²) in [5.41, 5.74) is 1.67. The number of pyridine rings is 1. The molecule has 7 heteroatoms. The van der Waals surface area contributed by atoms with Crippen LogP contribution in [-0.2, 0) is 7.05 Å². The van der Waals surface area contributed by atoms with Crippen LogP contribution in [0.15, 0.2) is 30.6 Å². The molecule has 1 aliphatic rings. The number of carbonyl (C=O) groups excluding carboxylic acids is 1. The van der Waals surface area contributed by atoms with E-state index in [1.807, 2.05) is 12.1 Å². The van der Waals surface area contributed by atoms with Crippen LogP contribution in [0.2, 0.25) is 0 Å². The molecule has 0 saturated carbocycles. The van der Waals surface area contributed by atoms with E-state index in [-0.39, 0.29) is 11.9 Å². The van der Waals surface area contributed by atoms with Crippen molar-refractivity contribution in [2.75, 3.05) is 18.0 Å². The van der Waals surface area contributed by atoms with Gasteiger partial charge in [0.25, 0.3) is 5.91 Å². The number of nitrogens with one attached hydrogen (secondary N) is 1. The lowest BCUT2D eigenvalue weighted by Gasteiger charge is -2.34. The van der Waals surface area contributed by atoms with Crippen LogP contribution < -0.4 is 10.2 Å². The standard InChI is InChI=1S/C16H18N6O/c1-21-9-6-13(20-21)16(23)19-12-4-3-8-22(11-12)15-5-2-7-18-14(15)10-17/h2,5-7,9,12H,3-4,8,11H2,1H3,(H,19,23). The van der Waals surface area contributed by atoms with Crippen molar-refractivity contribution in [3.05, 3.63) is 42.0 Å². The van der Waals surface area contributed by atoms with Crippen LogP contribution in [0.5, 0.6) is 0 Å². The van der Waals surface area contributed by atoms with Gasteiger partial charge in [-0.25, -0.2) is 4.98 Å². The lowest BCUT2D eigenvalue weighted by atomic mass is 10.0. The van der Waals surface area contributed by atoms with Gasteiger partial charge in [-0.15, -0.1) is 0 Å². The lowest BCUT2D eigenvalue weighted by molar-refractivity contribution is 0.0927. The molecule has 1 aliphatic heterocycles. The fraction of sp³-hybridized carbons (Fsp3) is 0.375. The van der Waals surface area contributed by atoms with E-state index in [2.05, 4.69) is 26.4 Å². The molecule has 1 unspecified atom stereocenters. The molecular weight excluding hydrogens is 292 g/mol. The Morgan fingerprint density at radius 2 is 2.35 bits per heavy atom. The highest BCUT2D eigenvalue weighted by molar-refractivity contribution is 5.92. The molecule has 1 N–H and O–H groups in total. The van der Waals surface area contributed by atoms with Crippen molar-refractivity contribution >= 4 is 11.6 Å². The number of rotatable bonds is 3. The molecule has 7 nitrogen and oxygen atoms in total. The summed E-state index contributed by atoms with van der Waals surface area (Å²) >= 11 is 0.